The van der Waals surface area contributed by atoms with Crippen molar-refractivity contribution in [3.8, 4) is 0 Å². The van der Waals surface area contributed by atoms with E-state index in [1.54, 1.807) is 4.90 Å². The summed E-state index contributed by atoms with van der Waals surface area (Å²) < 4.78 is 39.2. The van der Waals surface area contributed by atoms with E-state index in [1.807, 2.05) is 4.90 Å². The lowest BCUT2D eigenvalue weighted by atomic mass is 10.1. The average molecular weight is 351 g/mol. The molecule has 9 heteroatoms. The molecule has 2 heterocycles. The van der Waals surface area contributed by atoms with E-state index in [-0.39, 0.29) is 11.5 Å². The van der Waals surface area contributed by atoms with Crippen LogP contribution in [0, 0.1) is 0 Å². The predicted octanol–water partition coefficient (Wildman–Crippen LogP) is 2.52. The first kappa shape index (κ1) is 17.0. The second-order valence-electron chi connectivity index (χ2n) is 5.54. The second kappa shape index (κ2) is 6.96. The summed E-state index contributed by atoms with van der Waals surface area (Å²) in [5.41, 5.74) is -0.819. The van der Waals surface area contributed by atoms with E-state index in [0.717, 1.165) is 12.5 Å². The third-order valence-electron chi connectivity index (χ3n) is 3.88. The maximum Gasteiger partial charge on any atom is 0.418 e. The molecule has 1 fully saturated rings. The number of anilines is 3. The molecular formula is C16H16F3N5O. The molecule has 1 amide bonds. The number of carbonyl (C=O) groups excluding carboxylic acids is 1. The Balaban J connectivity index is 1.78. The lowest BCUT2D eigenvalue weighted by molar-refractivity contribution is -0.136. The van der Waals surface area contributed by atoms with E-state index < -0.39 is 11.7 Å². The number of carbonyl (C=O) groups is 1. The molecule has 1 aliphatic heterocycles. The Morgan fingerprint density at radius 3 is 2.48 bits per heavy atom. The average Bonchev–Trinajstić information content (AvgIpc) is 2.62. The molecule has 0 atom stereocenters. The standard InChI is InChI=1S/C16H16F3N5O/c17-16(18,19)12-3-1-2-4-13(12)21-14-5-6-20-15(22-14)24-9-7-23(11-25)8-10-24/h1-6,11H,7-10H2,(H,20,21,22). The zero-order valence-corrected chi connectivity index (χ0v) is 13.2. The Kier molecular flexibility index (Phi) is 4.73. The molecule has 132 valence electrons. The summed E-state index contributed by atoms with van der Waals surface area (Å²) in [5, 5.41) is 2.71. The van der Waals surface area contributed by atoms with Gasteiger partial charge in [0.2, 0.25) is 12.4 Å². The summed E-state index contributed by atoms with van der Waals surface area (Å²) in [6.07, 6.45) is -2.16. The van der Waals surface area contributed by atoms with Crippen molar-refractivity contribution in [3.63, 3.8) is 0 Å². The van der Waals surface area contributed by atoms with Crippen molar-refractivity contribution in [3.05, 3.63) is 42.1 Å². The summed E-state index contributed by atoms with van der Waals surface area (Å²) in [4.78, 5) is 22.8. The summed E-state index contributed by atoms with van der Waals surface area (Å²) in [7, 11) is 0. The molecule has 25 heavy (non-hydrogen) atoms. The molecule has 0 unspecified atom stereocenters. The number of nitrogens with one attached hydrogen (secondary N) is 1. The number of aromatic nitrogens is 2. The molecule has 0 bridgehead atoms. The highest BCUT2D eigenvalue weighted by Crippen LogP contribution is 2.35. The smallest absolute Gasteiger partial charge is 0.342 e. The molecule has 1 saturated heterocycles. The minimum atomic E-state index is -4.45. The highest BCUT2D eigenvalue weighted by atomic mass is 19.4. The Labute approximate surface area is 142 Å². The number of hydrogen-bond donors (Lipinski definition) is 1. The molecule has 1 aromatic heterocycles. The fraction of sp³-hybridized carbons (Fsp3) is 0.312. The number of piperazine rings is 1. The second-order valence-corrected chi connectivity index (χ2v) is 5.54. The van der Waals surface area contributed by atoms with Crippen LogP contribution in [0.4, 0.5) is 30.6 Å². The number of alkyl halides is 3. The molecule has 2 aromatic rings. The lowest BCUT2D eigenvalue weighted by Gasteiger charge is -2.32. The van der Waals surface area contributed by atoms with Gasteiger partial charge >= 0.3 is 6.18 Å². The van der Waals surface area contributed by atoms with E-state index in [9.17, 15) is 18.0 Å². The molecule has 6 nitrogen and oxygen atoms in total. The van der Waals surface area contributed by atoms with Crippen molar-refractivity contribution in [1.29, 1.82) is 0 Å². The molecule has 0 spiro atoms. The zero-order valence-electron chi connectivity index (χ0n) is 13.2. The fourth-order valence-corrected chi connectivity index (χ4v) is 2.58. The first-order valence-corrected chi connectivity index (χ1v) is 7.68. The maximum absolute atomic E-state index is 13.1. The summed E-state index contributed by atoms with van der Waals surface area (Å²) in [6, 6.07) is 6.75. The van der Waals surface area contributed by atoms with Gasteiger partial charge in [-0.1, -0.05) is 12.1 Å². The molecule has 0 radical (unpaired) electrons. The monoisotopic (exact) mass is 351 g/mol. The number of hydrogen-bond acceptors (Lipinski definition) is 5. The van der Waals surface area contributed by atoms with Crippen molar-refractivity contribution in [2.75, 3.05) is 36.4 Å². The molecule has 1 N–H and O–H groups in total. The minimum Gasteiger partial charge on any atom is -0.342 e. The van der Waals surface area contributed by atoms with Crippen LogP contribution < -0.4 is 10.2 Å². The van der Waals surface area contributed by atoms with Crippen molar-refractivity contribution < 1.29 is 18.0 Å². The molecule has 0 saturated carbocycles. The molecule has 0 aliphatic carbocycles. The number of amides is 1. The van der Waals surface area contributed by atoms with E-state index >= 15 is 0 Å². The Hall–Kier alpha value is -2.84. The summed E-state index contributed by atoms with van der Waals surface area (Å²) >= 11 is 0. The number of nitrogens with zero attached hydrogens (tertiary/aromatic N) is 4. The van der Waals surface area contributed by atoms with Crippen LogP contribution in [0.2, 0.25) is 0 Å². The van der Waals surface area contributed by atoms with Gasteiger partial charge in [0.25, 0.3) is 0 Å². The van der Waals surface area contributed by atoms with Crippen LogP contribution in [-0.4, -0.2) is 47.5 Å². The third-order valence-corrected chi connectivity index (χ3v) is 3.88. The maximum atomic E-state index is 13.1. The van der Waals surface area contributed by atoms with Gasteiger partial charge in [0, 0.05) is 32.4 Å². The molecule has 1 aromatic carbocycles. The molecule has 3 rings (SSSR count). The first-order chi connectivity index (χ1) is 12.0. The van der Waals surface area contributed by atoms with Crippen LogP contribution in [0.25, 0.3) is 0 Å². The number of rotatable bonds is 4. The van der Waals surface area contributed by atoms with Crippen molar-refractivity contribution in [2.24, 2.45) is 0 Å². The van der Waals surface area contributed by atoms with Gasteiger partial charge in [0.15, 0.2) is 0 Å². The van der Waals surface area contributed by atoms with Crippen molar-refractivity contribution >= 4 is 23.9 Å². The largest absolute Gasteiger partial charge is 0.418 e. The van der Waals surface area contributed by atoms with Gasteiger partial charge in [-0.15, -0.1) is 0 Å². The summed E-state index contributed by atoms with van der Waals surface area (Å²) in [6.45, 7) is 2.26. The van der Waals surface area contributed by atoms with E-state index in [4.69, 9.17) is 0 Å². The lowest BCUT2D eigenvalue weighted by Crippen LogP contribution is -2.46. The Morgan fingerprint density at radius 2 is 1.80 bits per heavy atom. The normalized spacial score (nSPS) is 15.2. The van der Waals surface area contributed by atoms with Gasteiger partial charge in [-0.25, -0.2) is 4.98 Å². The quantitative estimate of drug-likeness (QED) is 0.858. The van der Waals surface area contributed by atoms with Crippen LogP contribution in [-0.2, 0) is 11.0 Å². The zero-order chi connectivity index (χ0) is 17.9. The van der Waals surface area contributed by atoms with Crippen LogP contribution in [0.5, 0.6) is 0 Å². The number of halogens is 3. The van der Waals surface area contributed by atoms with E-state index in [0.29, 0.717) is 32.1 Å². The Bertz CT molecular complexity index is 745. The SMILES string of the molecule is O=CN1CCN(c2nccc(Nc3ccccc3C(F)(F)F)n2)CC1. The van der Waals surface area contributed by atoms with Gasteiger partial charge in [-0.2, -0.15) is 18.2 Å². The van der Waals surface area contributed by atoms with E-state index in [2.05, 4.69) is 15.3 Å². The van der Waals surface area contributed by atoms with Crippen LogP contribution in [0.15, 0.2) is 36.5 Å². The van der Waals surface area contributed by atoms with Gasteiger partial charge in [0.1, 0.15) is 5.82 Å². The fourth-order valence-electron chi connectivity index (χ4n) is 2.58. The number of para-hydroxylation sites is 1. The van der Waals surface area contributed by atoms with Gasteiger partial charge < -0.3 is 15.1 Å². The molecular weight excluding hydrogens is 335 g/mol. The van der Waals surface area contributed by atoms with Crippen LogP contribution in [0.1, 0.15) is 5.56 Å². The Morgan fingerprint density at radius 1 is 1.08 bits per heavy atom. The van der Waals surface area contributed by atoms with Gasteiger partial charge in [-0.05, 0) is 18.2 Å². The predicted molar refractivity (Wildman–Crippen MR) is 86.6 cm³/mol. The third kappa shape index (κ3) is 3.98. The molecule has 1 aliphatic rings. The minimum absolute atomic E-state index is 0.0644. The van der Waals surface area contributed by atoms with Crippen LogP contribution >= 0.6 is 0 Å². The van der Waals surface area contributed by atoms with Gasteiger partial charge in [0.05, 0.1) is 11.3 Å². The van der Waals surface area contributed by atoms with E-state index in [1.165, 1.54) is 30.5 Å². The van der Waals surface area contributed by atoms with Crippen molar-refractivity contribution in [2.45, 2.75) is 6.18 Å². The first-order valence-electron chi connectivity index (χ1n) is 7.68. The van der Waals surface area contributed by atoms with Crippen molar-refractivity contribution in [1.82, 2.24) is 14.9 Å². The van der Waals surface area contributed by atoms with Gasteiger partial charge in [-0.3, -0.25) is 4.79 Å². The highest BCUT2D eigenvalue weighted by Gasteiger charge is 2.33. The topological polar surface area (TPSA) is 61.4 Å². The number of benzene rings is 1. The highest BCUT2D eigenvalue weighted by molar-refractivity contribution is 5.62. The van der Waals surface area contributed by atoms with Crippen LogP contribution in [0.3, 0.4) is 0 Å². The summed E-state index contributed by atoms with van der Waals surface area (Å²) in [5.74, 6) is 0.694.